The number of rotatable bonds is 13. The predicted molar refractivity (Wildman–Crippen MR) is 166 cm³/mol. The lowest BCUT2D eigenvalue weighted by molar-refractivity contribution is -0.689. The number of pyridine rings is 2. The van der Waals surface area contributed by atoms with E-state index in [-0.39, 0.29) is 11.8 Å². The van der Waals surface area contributed by atoms with Gasteiger partial charge in [0.1, 0.15) is 5.56 Å². The summed E-state index contributed by atoms with van der Waals surface area (Å²) >= 11 is 0. The Morgan fingerprint density at radius 3 is 2.28 bits per heavy atom. The minimum absolute atomic E-state index is 0.216. The smallest absolute Gasteiger partial charge is 0.450 e. The SMILES string of the molecule is C=C(C)C(=O)NCCCNC(=O)c1cc(-c2ccc[n+](Cc3ccccc3[B]O)c2)c[n+](Cc2ccccc2B(O)O)c1. The number of hydrogen-bond acceptors (Lipinski definition) is 5. The molecule has 2 aromatic carbocycles. The zero-order valence-corrected chi connectivity index (χ0v) is 24.1. The second-order valence-electron chi connectivity index (χ2n) is 10.3. The molecular formula is C32H35B2N4O5+2. The monoisotopic (exact) mass is 577 g/mol. The molecule has 0 fully saturated rings. The van der Waals surface area contributed by atoms with E-state index in [0.29, 0.717) is 54.8 Å². The molecule has 2 aromatic heterocycles. The standard InChI is InChI=1S/C32H33B2N4O5/c1-23(2)31(39)35-14-8-15-36-32(40)28-17-27(21-38(22-28)20-26-10-4-6-13-30(26)34(42)43)24-11-7-16-37(18-24)19-25-9-3-5-12-29(25)33-41/h3-7,9-13,16-18,21-22,41-43H,1,8,14-15,19-20H2,2H3/p+2. The molecule has 0 aliphatic heterocycles. The van der Waals surface area contributed by atoms with Gasteiger partial charge in [-0.15, -0.1) is 0 Å². The molecule has 0 aliphatic carbocycles. The molecule has 5 N–H and O–H groups in total. The molecule has 11 heteroatoms. The summed E-state index contributed by atoms with van der Waals surface area (Å²) in [5.74, 6) is -0.486. The highest BCUT2D eigenvalue weighted by Gasteiger charge is 2.21. The van der Waals surface area contributed by atoms with Gasteiger partial charge in [-0.3, -0.25) is 9.59 Å². The summed E-state index contributed by atoms with van der Waals surface area (Å²) in [6, 6.07) is 20.3. The number of nitrogens with zero attached hydrogens (tertiary/aromatic N) is 2. The van der Waals surface area contributed by atoms with E-state index in [9.17, 15) is 24.7 Å². The van der Waals surface area contributed by atoms with Crippen LogP contribution in [-0.2, 0) is 17.9 Å². The lowest BCUT2D eigenvalue weighted by Crippen LogP contribution is -2.41. The Morgan fingerprint density at radius 1 is 0.860 bits per heavy atom. The van der Waals surface area contributed by atoms with Gasteiger partial charge in [0.05, 0.1) is 11.1 Å². The van der Waals surface area contributed by atoms with Crippen molar-refractivity contribution in [3.05, 3.63) is 120 Å². The van der Waals surface area contributed by atoms with Gasteiger partial charge < -0.3 is 25.7 Å². The van der Waals surface area contributed by atoms with Crippen LogP contribution < -0.4 is 30.7 Å². The van der Waals surface area contributed by atoms with Crippen LogP contribution in [0.25, 0.3) is 11.1 Å². The molecule has 0 saturated carbocycles. The van der Waals surface area contributed by atoms with Crippen LogP contribution in [0.1, 0.15) is 34.8 Å². The van der Waals surface area contributed by atoms with Crippen molar-refractivity contribution in [3.8, 4) is 11.1 Å². The first-order valence-corrected chi connectivity index (χ1v) is 14.0. The zero-order chi connectivity index (χ0) is 30.8. The van der Waals surface area contributed by atoms with Crippen LogP contribution in [0.15, 0.2) is 104 Å². The van der Waals surface area contributed by atoms with Crippen molar-refractivity contribution in [2.75, 3.05) is 13.1 Å². The van der Waals surface area contributed by atoms with E-state index < -0.39 is 7.12 Å². The highest BCUT2D eigenvalue weighted by molar-refractivity contribution is 6.59. The molecule has 0 unspecified atom stereocenters. The normalized spacial score (nSPS) is 10.6. The molecule has 2 heterocycles. The summed E-state index contributed by atoms with van der Waals surface area (Å²) in [5.41, 5.74) is 5.31. The first-order chi connectivity index (χ1) is 20.7. The highest BCUT2D eigenvalue weighted by atomic mass is 16.4. The Kier molecular flexibility index (Phi) is 11.0. The van der Waals surface area contributed by atoms with Gasteiger partial charge in [-0.25, -0.2) is 4.57 Å². The van der Waals surface area contributed by atoms with E-state index in [1.54, 1.807) is 25.3 Å². The molecule has 0 aliphatic rings. The lowest BCUT2D eigenvalue weighted by Gasteiger charge is -2.10. The first-order valence-electron chi connectivity index (χ1n) is 14.0. The van der Waals surface area contributed by atoms with E-state index in [2.05, 4.69) is 17.2 Å². The van der Waals surface area contributed by atoms with Gasteiger partial charge in [0.25, 0.3) is 5.91 Å². The van der Waals surface area contributed by atoms with Gasteiger partial charge >= 0.3 is 14.6 Å². The Morgan fingerprint density at radius 2 is 1.53 bits per heavy atom. The Labute approximate surface area is 252 Å². The van der Waals surface area contributed by atoms with Crippen molar-refractivity contribution in [1.29, 1.82) is 0 Å². The summed E-state index contributed by atoms with van der Waals surface area (Å²) in [6.45, 7) is 6.87. The van der Waals surface area contributed by atoms with Crippen molar-refractivity contribution >= 4 is 37.3 Å². The summed E-state index contributed by atoms with van der Waals surface area (Å²) in [7, 11) is -0.527. The van der Waals surface area contributed by atoms with E-state index in [0.717, 1.165) is 29.6 Å². The van der Waals surface area contributed by atoms with Crippen molar-refractivity contribution in [1.82, 2.24) is 10.6 Å². The molecule has 0 bridgehead atoms. The summed E-state index contributed by atoms with van der Waals surface area (Å²) in [4.78, 5) is 25.0. The van der Waals surface area contributed by atoms with Gasteiger partial charge in [-0.1, -0.05) is 55.1 Å². The van der Waals surface area contributed by atoms with Gasteiger partial charge in [-0.05, 0) is 36.4 Å². The maximum atomic E-state index is 13.3. The third-order valence-electron chi connectivity index (χ3n) is 6.92. The number of amides is 2. The summed E-state index contributed by atoms with van der Waals surface area (Å²) in [6.07, 6.45) is 8.11. The van der Waals surface area contributed by atoms with Crippen LogP contribution in [0.5, 0.6) is 0 Å². The molecule has 4 rings (SSSR count). The molecular weight excluding hydrogens is 542 g/mol. The fraction of sp³-hybridized carbons (Fsp3) is 0.188. The average Bonchev–Trinajstić information content (AvgIpc) is 3.01. The van der Waals surface area contributed by atoms with Crippen LogP contribution >= 0.6 is 0 Å². The molecule has 217 valence electrons. The van der Waals surface area contributed by atoms with Crippen LogP contribution in [-0.4, -0.2) is 54.6 Å². The van der Waals surface area contributed by atoms with E-state index in [1.165, 1.54) is 0 Å². The molecule has 9 nitrogen and oxygen atoms in total. The molecule has 0 saturated heterocycles. The molecule has 0 atom stereocenters. The molecule has 43 heavy (non-hydrogen) atoms. The number of benzene rings is 2. The fourth-order valence-electron chi connectivity index (χ4n) is 4.67. The Hall–Kier alpha value is -4.57. The van der Waals surface area contributed by atoms with Crippen LogP contribution in [0, 0.1) is 0 Å². The van der Waals surface area contributed by atoms with Crippen LogP contribution in [0.3, 0.4) is 0 Å². The third kappa shape index (κ3) is 8.71. The topological polar surface area (TPSA) is 127 Å². The Balaban J connectivity index is 1.61. The summed E-state index contributed by atoms with van der Waals surface area (Å²) in [5, 5.41) is 35.1. The zero-order valence-electron chi connectivity index (χ0n) is 24.1. The second-order valence-corrected chi connectivity index (χ2v) is 10.3. The molecule has 0 spiro atoms. The van der Waals surface area contributed by atoms with E-state index in [1.807, 2.05) is 82.3 Å². The fourth-order valence-corrected chi connectivity index (χ4v) is 4.67. The minimum atomic E-state index is -1.62. The lowest BCUT2D eigenvalue weighted by atomic mass is 9.77. The quantitative estimate of drug-likeness (QED) is 0.0649. The molecule has 4 aromatic rings. The number of nitrogens with one attached hydrogen (secondary N) is 2. The number of aromatic nitrogens is 2. The number of carbonyl (C=O) groups excluding carboxylic acids is 2. The number of hydrogen-bond donors (Lipinski definition) is 5. The van der Waals surface area contributed by atoms with Gasteiger partial charge in [-0.2, -0.15) is 4.57 Å². The molecule has 2 amide bonds. The highest BCUT2D eigenvalue weighted by Crippen LogP contribution is 2.18. The average molecular weight is 577 g/mol. The summed E-state index contributed by atoms with van der Waals surface area (Å²) < 4.78 is 3.86. The predicted octanol–water partition coefficient (Wildman–Crippen LogP) is -0.246. The Bertz CT molecular complexity index is 1610. The largest absolute Gasteiger partial charge is 0.488 e. The third-order valence-corrected chi connectivity index (χ3v) is 6.92. The minimum Gasteiger partial charge on any atom is -0.450 e. The van der Waals surface area contributed by atoms with Gasteiger partial charge in [0.15, 0.2) is 37.9 Å². The van der Waals surface area contributed by atoms with Crippen LogP contribution in [0.2, 0.25) is 0 Å². The maximum absolute atomic E-state index is 13.3. The van der Waals surface area contributed by atoms with E-state index >= 15 is 0 Å². The maximum Gasteiger partial charge on any atom is 0.488 e. The molecule has 1 radical (unpaired) electrons. The van der Waals surface area contributed by atoms with Crippen LogP contribution in [0.4, 0.5) is 0 Å². The van der Waals surface area contributed by atoms with Crippen molar-refractivity contribution < 1.29 is 33.8 Å². The first kappa shape index (κ1) is 31.4. The van der Waals surface area contributed by atoms with Crippen molar-refractivity contribution in [2.45, 2.75) is 26.4 Å². The van der Waals surface area contributed by atoms with Gasteiger partial charge in [0.2, 0.25) is 5.91 Å². The van der Waals surface area contributed by atoms with Crippen molar-refractivity contribution in [2.24, 2.45) is 0 Å². The second kappa shape index (κ2) is 15.1. The van der Waals surface area contributed by atoms with E-state index in [4.69, 9.17) is 0 Å². The van der Waals surface area contributed by atoms with Gasteiger partial charge in [0, 0.05) is 35.9 Å². The van der Waals surface area contributed by atoms with Crippen molar-refractivity contribution in [3.63, 3.8) is 0 Å². The number of carbonyl (C=O) groups is 2.